The first-order valence-corrected chi connectivity index (χ1v) is 11.5. The van der Waals surface area contributed by atoms with Crippen LogP contribution in [0.1, 0.15) is 12.8 Å². The van der Waals surface area contributed by atoms with Gasteiger partial charge in [0.2, 0.25) is 5.95 Å². The summed E-state index contributed by atoms with van der Waals surface area (Å²) in [5.74, 6) is 1.70. The number of hydrogen-bond acceptors (Lipinski definition) is 8. The Labute approximate surface area is 198 Å². The van der Waals surface area contributed by atoms with Gasteiger partial charge in [0.15, 0.2) is 5.82 Å². The lowest BCUT2D eigenvalue weighted by molar-refractivity contribution is 0.133. The van der Waals surface area contributed by atoms with Gasteiger partial charge in [-0.05, 0) is 44.6 Å². The predicted molar refractivity (Wildman–Crippen MR) is 135 cm³/mol. The summed E-state index contributed by atoms with van der Waals surface area (Å²) < 4.78 is 5.70. The minimum absolute atomic E-state index is 0.292. The quantitative estimate of drug-likeness (QED) is 0.391. The molecule has 9 heteroatoms. The molecule has 34 heavy (non-hydrogen) atoms. The number of likely N-dealkylation sites (N-methyl/N-ethyl adjacent to an activating group) is 1. The van der Waals surface area contributed by atoms with Crippen LogP contribution in [-0.2, 0) is 0 Å². The average molecular weight is 457 g/mol. The molecule has 2 fully saturated rings. The van der Waals surface area contributed by atoms with E-state index in [1.807, 2.05) is 36.5 Å². The lowest BCUT2D eigenvalue weighted by atomic mass is 9.86. The van der Waals surface area contributed by atoms with E-state index >= 15 is 0 Å². The number of ether oxygens (including phenoxy) is 1. The molecule has 4 aromatic rings. The summed E-state index contributed by atoms with van der Waals surface area (Å²) >= 11 is 0. The number of nitrogens with two attached hydrogens (primary N) is 1. The maximum Gasteiger partial charge on any atom is 0.230 e. The lowest BCUT2D eigenvalue weighted by Gasteiger charge is -2.53. The van der Waals surface area contributed by atoms with Crippen LogP contribution in [-0.4, -0.2) is 64.2 Å². The third kappa shape index (κ3) is 3.31. The Morgan fingerprint density at radius 1 is 1.18 bits per heavy atom. The molecular weight excluding hydrogens is 428 g/mol. The molecule has 0 unspecified atom stereocenters. The summed E-state index contributed by atoms with van der Waals surface area (Å²) in [6.45, 7) is 3.15. The van der Waals surface area contributed by atoms with Gasteiger partial charge < -0.3 is 25.7 Å². The van der Waals surface area contributed by atoms with Crippen LogP contribution in [0.4, 0.5) is 23.0 Å². The highest BCUT2D eigenvalue weighted by atomic mass is 16.5. The third-order valence-electron chi connectivity index (χ3n) is 7.25. The van der Waals surface area contributed by atoms with Gasteiger partial charge in [-0.15, -0.1) is 0 Å². The van der Waals surface area contributed by atoms with Gasteiger partial charge in [0, 0.05) is 36.3 Å². The van der Waals surface area contributed by atoms with Crippen LogP contribution in [0, 0.1) is 0 Å². The Kier molecular flexibility index (Phi) is 4.80. The largest absolute Gasteiger partial charge is 0.494 e. The minimum Gasteiger partial charge on any atom is -0.494 e. The van der Waals surface area contributed by atoms with E-state index in [2.05, 4.69) is 48.2 Å². The summed E-state index contributed by atoms with van der Waals surface area (Å²) in [7, 11) is 3.88. The third-order valence-corrected chi connectivity index (χ3v) is 7.25. The first-order valence-electron chi connectivity index (χ1n) is 11.5. The molecule has 0 atom stereocenters. The Morgan fingerprint density at radius 3 is 2.85 bits per heavy atom. The maximum atomic E-state index is 6.49. The summed E-state index contributed by atoms with van der Waals surface area (Å²) in [4.78, 5) is 21.4. The van der Waals surface area contributed by atoms with Gasteiger partial charge in [0.1, 0.15) is 12.1 Å². The molecule has 4 N–H and O–H groups in total. The van der Waals surface area contributed by atoms with E-state index < -0.39 is 0 Å². The Balaban J connectivity index is 1.27. The van der Waals surface area contributed by atoms with E-state index in [-0.39, 0.29) is 0 Å². The van der Waals surface area contributed by atoms with E-state index in [9.17, 15) is 0 Å². The molecule has 0 aliphatic carbocycles. The molecule has 2 aromatic heterocycles. The number of anilines is 4. The van der Waals surface area contributed by atoms with Gasteiger partial charge >= 0.3 is 0 Å². The fraction of sp³-hybridized carbons (Fsp3) is 0.320. The van der Waals surface area contributed by atoms with Crippen molar-refractivity contribution in [3.63, 3.8) is 0 Å². The number of H-pyrrole nitrogens is 1. The molecular formula is C25H28N8O. The van der Waals surface area contributed by atoms with Crippen LogP contribution in [0.2, 0.25) is 0 Å². The van der Waals surface area contributed by atoms with Crippen molar-refractivity contribution in [2.45, 2.75) is 18.4 Å². The number of nitrogens with one attached hydrogen (secondary N) is 2. The second kappa shape index (κ2) is 7.88. The van der Waals surface area contributed by atoms with Crippen LogP contribution in [0.15, 0.2) is 48.9 Å². The molecule has 6 rings (SSSR count). The van der Waals surface area contributed by atoms with Crippen LogP contribution in [0.3, 0.4) is 0 Å². The van der Waals surface area contributed by atoms with Crippen LogP contribution in [0.5, 0.6) is 5.75 Å². The molecule has 1 spiro atoms. The Morgan fingerprint density at radius 2 is 2.06 bits per heavy atom. The van der Waals surface area contributed by atoms with Gasteiger partial charge in [0.05, 0.1) is 35.2 Å². The van der Waals surface area contributed by atoms with Crippen molar-refractivity contribution < 1.29 is 4.74 Å². The molecule has 2 aliphatic rings. The minimum atomic E-state index is 0.292. The molecule has 4 heterocycles. The molecule has 2 aliphatic heterocycles. The summed E-state index contributed by atoms with van der Waals surface area (Å²) in [5.41, 5.74) is 11.1. The van der Waals surface area contributed by atoms with E-state index in [1.54, 1.807) is 7.11 Å². The summed E-state index contributed by atoms with van der Waals surface area (Å²) in [6, 6.07) is 12.0. The Bertz CT molecular complexity index is 1360. The number of aromatic nitrogens is 4. The van der Waals surface area contributed by atoms with Crippen molar-refractivity contribution in [2.24, 2.45) is 0 Å². The number of nitrogen functional groups attached to an aromatic ring is 1. The number of aromatic amines is 1. The summed E-state index contributed by atoms with van der Waals surface area (Å²) in [6.07, 6.45) is 5.93. The maximum absolute atomic E-state index is 6.49. The zero-order valence-corrected chi connectivity index (χ0v) is 19.4. The number of rotatable bonds is 5. The van der Waals surface area contributed by atoms with Crippen molar-refractivity contribution >= 4 is 33.9 Å². The number of para-hydroxylation sites is 1. The van der Waals surface area contributed by atoms with Gasteiger partial charge in [-0.3, -0.25) is 4.90 Å². The fourth-order valence-electron chi connectivity index (χ4n) is 5.31. The van der Waals surface area contributed by atoms with E-state index in [0.29, 0.717) is 34.4 Å². The van der Waals surface area contributed by atoms with Gasteiger partial charge in [-0.2, -0.15) is 4.98 Å². The van der Waals surface area contributed by atoms with Gasteiger partial charge in [-0.1, -0.05) is 12.1 Å². The zero-order chi connectivity index (χ0) is 23.3. The monoisotopic (exact) mass is 456 g/mol. The first kappa shape index (κ1) is 20.7. The number of fused-ring (bicyclic) bond motifs is 1. The highest BCUT2D eigenvalue weighted by molar-refractivity contribution is 5.92. The number of methoxy groups -OCH3 is 1. The normalized spacial score (nSPS) is 17.3. The Hall–Kier alpha value is -3.85. The van der Waals surface area contributed by atoms with Crippen LogP contribution >= 0.6 is 0 Å². The SMILES string of the molecule is COc1cc(N2CC3(CCCN3C)C2)c(N)cc1Nc1ncnc(-c2cccc3cc[nH]c23)n1. The number of hydrogen-bond donors (Lipinski definition) is 3. The second-order valence-corrected chi connectivity index (χ2v) is 9.22. The van der Waals surface area contributed by atoms with Crippen molar-refractivity contribution in [3.05, 3.63) is 48.9 Å². The molecule has 9 nitrogen and oxygen atoms in total. The molecule has 174 valence electrons. The highest BCUT2D eigenvalue weighted by Crippen LogP contribution is 2.43. The van der Waals surface area contributed by atoms with Crippen molar-refractivity contribution in [2.75, 3.05) is 49.7 Å². The number of likely N-dealkylation sites (tertiary alicyclic amines) is 1. The van der Waals surface area contributed by atoms with Crippen molar-refractivity contribution in [1.29, 1.82) is 0 Å². The average Bonchev–Trinajstić information content (AvgIpc) is 3.45. The number of benzene rings is 2. The van der Waals surface area contributed by atoms with Gasteiger partial charge in [-0.25, -0.2) is 9.97 Å². The van der Waals surface area contributed by atoms with Crippen LogP contribution in [0.25, 0.3) is 22.3 Å². The standard InChI is InChI=1S/C25H28N8O/c1-32-10-4-8-25(32)13-33(14-25)20-12-21(34-2)19(11-18(20)26)30-24-29-15-28-23(31-24)17-6-3-5-16-7-9-27-22(16)17/h3,5-7,9,11-12,15,27H,4,8,10,13-14,26H2,1-2H3,(H,28,29,30,31). The molecule has 2 aromatic carbocycles. The fourth-order valence-corrected chi connectivity index (χ4v) is 5.31. The van der Waals surface area contributed by atoms with E-state index in [0.717, 1.165) is 35.2 Å². The zero-order valence-electron chi connectivity index (χ0n) is 19.4. The lowest BCUT2D eigenvalue weighted by Crippen LogP contribution is -2.67. The predicted octanol–water partition coefficient (Wildman–Crippen LogP) is 3.64. The molecule has 0 bridgehead atoms. The first-order chi connectivity index (χ1) is 16.6. The van der Waals surface area contributed by atoms with Crippen molar-refractivity contribution in [3.8, 4) is 17.1 Å². The molecule has 0 saturated carbocycles. The highest BCUT2D eigenvalue weighted by Gasteiger charge is 2.49. The molecule has 2 saturated heterocycles. The smallest absolute Gasteiger partial charge is 0.230 e. The second-order valence-electron chi connectivity index (χ2n) is 9.22. The number of nitrogens with zero attached hydrogens (tertiary/aromatic N) is 5. The van der Waals surface area contributed by atoms with Crippen molar-refractivity contribution in [1.82, 2.24) is 24.8 Å². The van der Waals surface area contributed by atoms with E-state index in [4.69, 9.17) is 10.5 Å². The summed E-state index contributed by atoms with van der Waals surface area (Å²) in [5, 5.41) is 4.38. The van der Waals surface area contributed by atoms with Crippen LogP contribution < -0.4 is 20.7 Å². The van der Waals surface area contributed by atoms with E-state index in [1.165, 1.54) is 25.7 Å². The molecule has 0 amide bonds. The topological polar surface area (TPSA) is 108 Å². The van der Waals surface area contributed by atoms with Gasteiger partial charge in [0.25, 0.3) is 0 Å². The molecule has 0 radical (unpaired) electrons.